The molecule has 2 aromatic carbocycles. The molecule has 1 heterocycles. The second-order valence-electron chi connectivity index (χ2n) is 6.34. The van der Waals surface area contributed by atoms with Gasteiger partial charge in [0.1, 0.15) is 5.58 Å². The topological polar surface area (TPSA) is 102 Å². The number of carbonyl (C=O) groups is 1. The molecule has 0 saturated carbocycles. The van der Waals surface area contributed by atoms with Crippen LogP contribution in [-0.4, -0.2) is 14.3 Å². The summed E-state index contributed by atoms with van der Waals surface area (Å²) in [5.74, 6) is -0.174. The van der Waals surface area contributed by atoms with Gasteiger partial charge in [-0.15, -0.1) is 0 Å². The summed E-state index contributed by atoms with van der Waals surface area (Å²) in [5, 5.41) is 8.84. The first-order valence-electron chi connectivity index (χ1n) is 8.10. The zero-order valence-corrected chi connectivity index (χ0v) is 15.4. The summed E-state index contributed by atoms with van der Waals surface area (Å²) in [6.07, 6.45) is 1.79. The van der Waals surface area contributed by atoms with Gasteiger partial charge in [0, 0.05) is 17.5 Å². The number of benzene rings is 2. The third kappa shape index (κ3) is 3.95. The van der Waals surface area contributed by atoms with Crippen LogP contribution >= 0.6 is 0 Å². The first-order valence-corrected chi connectivity index (χ1v) is 9.64. The van der Waals surface area contributed by atoms with Crippen LogP contribution in [0.15, 0.2) is 52.0 Å². The molecule has 6 nitrogen and oxygen atoms in total. The lowest BCUT2D eigenvalue weighted by Crippen LogP contribution is -2.24. The van der Waals surface area contributed by atoms with Crippen molar-refractivity contribution in [3.05, 3.63) is 64.9 Å². The maximum Gasteiger partial charge on any atom is 0.238 e. The normalized spacial score (nSPS) is 11.7. The monoisotopic (exact) mass is 372 g/mol. The molecule has 1 amide bonds. The fourth-order valence-corrected chi connectivity index (χ4v) is 3.33. The average Bonchev–Trinajstić information content (AvgIpc) is 2.95. The first kappa shape index (κ1) is 18.2. The number of carbonyl (C=O) groups excluding carboxylic acids is 1. The van der Waals surface area contributed by atoms with E-state index in [1.165, 1.54) is 12.1 Å². The summed E-state index contributed by atoms with van der Waals surface area (Å²) in [6.45, 7) is 4.25. The number of hydrogen-bond acceptors (Lipinski definition) is 4. The summed E-state index contributed by atoms with van der Waals surface area (Å²) in [7, 11) is -3.76. The molecule has 0 unspecified atom stereocenters. The maximum absolute atomic E-state index is 12.3. The molecule has 0 aliphatic carbocycles. The van der Waals surface area contributed by atoms with Crippen LogP contribution in [0.3, 0.4) is 0 Å². The number of furan rings is 1. The fourth-order valence-electron chi connectivity index (χ4n) is 2.74. The van der Waals surface area contributed by atoms with E-state index < -0.39 is 10.0 Å². The van der Waals surface area contributed by atoms with E-state index in [4.69, 9.17) is 9.56 Å². The van der Waals surface area contributed by atoms with Crippen molar-refractivity contribution in [2.75, 3.05) is 0 Å². The van der Waals surface area contributed by atoms with Gasteiger partial charge in [0.15, 0.2) is 0 Å². The lowest BCUT2D eigenvalue weighted by Gasteiger charge is -2.07. The smallest absolute Gasteiger partial charge is 0.238 e. The number of sulfonamides is 1. The Hall–Kier alpha value is -2.64. The molecule has 3 rings (SSSR count). The third-order valence-electron chi connectivity index (χ3n) is 4.34. The molecule has 0 aliphatic rings. The zero-order chi connectivity index (χ0) is 18.9. The van der Waals surface area contributed by atoms with Gasteiger partial charge in [-0.3, -0.25) is 4.79 Å². The minimum atomic E-state index is -3.76. The van der Waals surface area contributed by atoms with Gasteiger partial charge in [0.25, 0.3) is 0 Å². The molecule has 0 spiro atoms. The van der Waals surface area contributed by atoms with E-state index in [0.717, 1.165) is 27.7 Å². The highest BCUT2D eigenvalue weighted by atomic mass is 32.2. The lowest BCUT2D eigenvalue weighted by molar-refractivity contribution is -0.120. The maximum atomic E-state index is 12.3. The Morgan fingerprint density at radius 1 is 1.15 bits per heavy atom. The lowest BCUT2D eigenvalue weighted by atomic mass is 10.0. The minimum absolute atomic E-state index is 0.0240. The minimum Gasteiger partial charge on any atom is -0.464 e. The van der Waals surface area contributed by atoms with Gasteiger partial charge in [0.05, 0.1) is 17.6 Å². The molecule has 0 aliphatic heterocycles. The molecule has 136 valence electrons. The molecule has 7 heteroatoms. The van der Waals surface area contributed by atoms with Crippen molar-refractivity contribution < 1.29 is 17.6 Å². The van der Waals surface area contributed by atoms with E-state index in [0.29, 0.717) is 5.56 Å². The number of amides is 1. The number of aryl methyl sites for hydroxylation is 2. The molecule has 0 radical (unpaired) electrons. The SMILES string of the molecule is Cc1cc2occ(CC(=O)NCc3cccc(S(N)(=O)=O)c3)c2cc1C. The van der Waals surface area contributed by atoms with Crippen molar-refractivity contribution >= 4 is 26.9 Å². The fraction of sp³-hybridized carbons (Fsp3) is 0.211. The van der Waals surface area contributed by atoms with E-state index >= 15 is 0 Å². The average molecular weight is 372 g/mol. The molecule has 1 aromatic heterocycles. The predicted molar refractivity (Wildman–Crippen MR) is 99.1 cm³/mol. The Kier molecular flexibility index (Phi) is 4.84. The Morgan fingerprint density at radius 3 is 2.62 bits per heavy atom. The van der Waals surface area contributed by atoms with Gasteiger partial charge in [-0.25, -0.2) is 13.6 Å². The van der Waals surface area contributed by atoms with Crippen LogP contribution in [0.2, 0.25) is 0 Å². The molecule has 3 N–H and O–H groups in total. The van der Waals surface area contributed by atoms with Gasteiger partial charge in [-0.1, -0.05) is 12.1 Å². The van der Waals surface area contributed by atoms with E-state index in [-0.39, 0.29) is 23.8 Å². The van der Waals surface area contributed by atoms with Crippen molar-refractivity contribution in [1.82, 2.24) is 5.32 Å². The van der Waals surface area contributed by atoms with Crippen LogP contribution in [0, 0.1) is 13.8 Å². The van der Waals surface area contributed by atoms with Crippen LogP contribution in [0.4, 0.5) is 0 Å². The van der Waals surface area contributed by atoms with Crippen LogP contribution in [0.1, 0.15) is 22.3 Å². The van der Waals surface area contributed by atoms with Crippen molar-refractivity contribution in [3.63, 3.8) is 0 Å². The standard InChI is InChI=1S/C19H20N2O4S/c1-12-6-17-15(11-25-18(17)7-13(12)2)9-19(22)21-10-14-4-3-5-16(8-14)26(20,23)24/h3-8,11H,9-10H2,1-2H3,(H,21,22)(H2,20,23,24). The van der Waals surface area contributed by atoms with Crippen LogP contribution in [0.25, 0.3) is 11.0 Å². The van der Waals surface area contributed by atoms with E-state index in [1.807, 2.05) is 26.0 Å². The summed E-state index contributed by atoms with van der Waals surface area (Å²) in [6, 6.07) is 10.2. The van der Waals surface area contributed by atoms with E-state index in [2.05, 4.69) is 5.32 Å². The number of nitrogens with one attached hydrogen (secondary N) is 1. The highest BCUT2D eigenvalue weighted by Gasteiger charge is 2.12. The van der Waals surface area contributed by atoms with E-state index in [1.54, 1.807) is 18.4 Å². The molecule has 0 bridgehead atoms. The van der Waals surface area contributed by atoms with Crippen molar-refractivity contribution in [2.24, 2.45) is 5.14 Å². The molecule has 0 atom stereocenters. The van der Waals surface area contributed by atoms with Gasteiger partial charge in [-0.05, 0) is 54.8 Å². The Morgan fingerprint density at radius 2 is 1.88 bits per heavy atom. The van der Waals surface area contributed by atoms with Crippen LogP contribution in [0.5, 0.6) is 0 Å². The second-order valence-corrected chi connectivity index (χ2v) is 7.90. The third-order valence-corrected chi connectivity index (χ3v) is 5.25. The predicted octanol–water partition coefficient (Wildman–Crippen LogP) is 2.56. The number of primary sulfonamides is 1. The number of nitrogens with two attached hydrogens (primary N) is 1. The van der Waals surface area contributed by atoms with Crippen LogP contribution in [-0.2, 0) is 27.8 Å². The zero-order valence-electron chi connectivity index (χ0n) is 14.6. The molecular weight excluding hydrogens is 352 g/mol. The highest BCUT2D eigenvalue weighted by Crippen LogP contribution is 2.25. The second kappa shape index (κ2) is 6.93. The van der Waals surface area contributed by atoms with Crippen LogP contribution < -0.4 is 10.5 Å². The Labute approximate surface area is 152 Å². The number of fused-ring (bicyclic) bond motifs is 1. The van der Waals surface area contributed by atoms with Crippen molar-refractivity contribution in [3.8, 4) is 0 Å². The molecular formula is C19H20N2O4S. The largest absolute Gasteiger partial charge is 0.464 e. The van der Waals surface area contributed by atoms with E-state index in [9.17, 15) is 13.2 Å². The van der Waals surface area contributed by atoms with Crippen molar-refractivity contribution in [2.45, 2.75) is 31.7 Å². The summed E-state index contributed by atoms with van der Waals surface area (Å²) in [5.41, 5.74) is 4.52. The summed E-state index contributed by atoms with van der Waals surface area (Å²) in [4.78, 5) is 12.3. The quantitative estimate of drug-likeness (QED) is 0.718. The molecule has 0 fully saturated rings. The summed E-state index contributed by atoms with van der Waals surface area (Å²) >= 11 is 0. The first-order chi connectivity index (χ1) is 12.2. The molecule has 3 aromatic rings. The Balaban J connectivity index is 1.69. The number of hydrogen-bond donors (Lipinski definition) is 2. The number of rotatable bonds is 5. The summed E-state index contributed by atoms with van der Waals surface area (Å²) < 4.78 is 28.3. The highest BCUT2D eigenvalue weighted by molar-refractivity contribution is 7.89. The van der Waals surface area contributed by atoms with Crippen molar-refractivity contribution in [1.29, 1.82) is 0 Å². The molecule has 0 saturated heterocycles. The van der Waals surface area contributed by atoms with Gasteiger partial charge in [0.2, 0.25) is 15.9 Å². The van der Waals surface area contributed by atoms with Gasteiger partial charge < -0.3 is 9.73 Å². The van der Waals surface area contributed by atoms with Gasteiger partial charge >= 0.3 is 0 Å². The Bertz CT molecular complexity index is 1080. The van der Waals surface area contributed by atoms with Gasteiger partial charge in [-0.2, -0.15) is 0 Å². The molecule has 26 heavy (non-hydrogen) atoms.